The Bertz CT molecular complexity index is 7410. The lowest BCUT2D eigenvalue weighted by Crippen LogP contribution is -1.93. The molecule has 4 heteroatoms. The summed E-state index contributed by atoms with van der Waals surface area (Å²) in [5, 5.41) is 10.0. The molecule has 0 spiro atoms. The summed E-state index contributed by atoms with van der Waals surface area (Å²) in [6, 6.07) is 168. The van der Waals surface area contributed by atoms with Gasteiger partial charge < -0.3 is 18.3 Å². The predicted molar refractivity (Wildman–Crippen MR) is 499 cm³/mol. The molecule has 0 amide bonds. The van der Waals surface area contributed by atoms with Crippen molar-refractivity contribution < 1.29 is 0 Å². The van der Waals surface area contributed by atoms with Crippen LogP contribution in [0, 0.1) is 0 Å². The number of fused-ring (bicyclic) bond motifs is 12. The maximum atomic E-state index is 2.40. The molecule has 4 heterocycles. The fraction of sp³-hybridized carbons (Fsp3) is 0. The summed E-state index contributed by atoms with van der Waals surface area (Å²) in [4.78, 5) is 0. The largest absolute Gasteiger partial charge is 0.309 e. The highest BCUT2D eigenvalue weighted by molar-refractivity contribution is 6.15. The fourth-order valence-corrected chi connectivity index (χ4v) is 18.0. The molecule has 552 valence electrons. The van der Waals surface area contributed by atoms with Crippen LogP contribution in [0.25, 0.3) is 210 Å². The Morgan fingerprint density at radius 3 is 0.466 bits per heavy atom. The zero-order chi connectivity index (χ0) is 78.0. The van der Waals surface area contributed by atoms with E-state index >= 15 is 0 Å². The Morgan fingerprint density at radius 1 is 0.0932 bits per heavy atom. The zero-order valence-electron chi connectivity index (χ0n) is 64.7. The molecule has 0 aliphatic carbocycles. The van der Waals surface area contributed by atoms with Gasteiger partial charge in [-0.05, 0) is 234 Å². The third-order valence-corrected chi connectivity index (χ3v) is 23.9. The summed E-state index contributed by atoms with van der Waals surface area (Å²) < 4.78 is 9.55. The van der Waals surface area contributed by atoms with Gasteiger partial charge in [-0.3, -0.25) is 0 Å². The van der Waals surface area contributed by atoms with Crippen molar-refractivity contribution in [3.05, 3.63) is 461 Å². The Kier molecular flexibility index (Phi) is 17.2. The van der Waals surface area contributed by atoms with Gasteiger partial charge >= 0.3 is 0 Å². The molecular weight excluding hydrogens is 1430 g/mol. The van der Waals surface area contributed by atoms with Crippen LogP contribution >= 0.6 is 0 Å². The first-order chi connectivity index (χ1) is 58.5. The van der Waals surface area contributed by atoms with E-state index in [-0.39, 0.29) is 0 Å². The van der Waals surface area contributed by atoms with E-state index in [1.165, 1.54) is 193 Å². The van der Waals surface area contributed by atoms with Crippen molar-refractivity contribution >= 4 is 87.2 Å². The van der Waals surface area contributed by atoms with E-state index in [1.807, 2.05) is 0 Å². The third-order valence-electron chi connectivity index (χ3n) is 23.9. The quantitative estimate of drug-likeness (QED) is 0.110. The second-order valence-electron chi connectivity index (χ2n) is 30.7. The molecule has 0 radical (unpaired) electrons. The van der Waals surface area contributed by atoms with Gasteiger partial charge in [0.05, 0.1) is 44.1 Å². The van der Waals surface area contributed by atoms with Crippen molar-refractivity contribution in [1.29, 1.82) is 0 Å². The number of benzene rings is 19. The van der Waals surface area contributed by atoms with Crippen LogP contribution in [0.4, 0.5) is 0 Å². The van der Waals surface area contributed by atoms with E-state index in [2.05, 4.69) is 479 Å². The summed E-state index contributed by atoms with van der Waals surface area (Å²) in [6.07, 6.45) is 0. The first-order valence-electron chi connectivity index (χ1n) is 40.6. The van der Waals surface area contributed by atoms with Gasteiger partial charge in [-0.2, -0.15) is 0 Å². The van der Waals surface area contributed by atoms with E-state index in [4.69, 9.17) is 0 Å². The summed E-state index contributed by atoms with van der Waals surface area (Å²) in [5.74, 6) is 0. The lowest BCUT2D eigenvalue weighted by atomic mass is 9.96. The van der Waals surface area contributed by atoms with E-state index in [0.29, 0.717) is 0 Å². The predicted octanol–water partition coefficient (Wildman–Crippen LogP) is 30.8. The van der Waals surface area contributed by atoms with Crippen LogP contribution in [-0.2, 0) is 0 Å². The summed E-state index contributed by atoms with van der Waals surface area (Å²) in [5.41, 5.74) is 36.1. The lowest BCUT2D eigenvalue weighted by Gasteiger charge is -2.10. The van der Waals surface area contributed by atoms with Gasteiger partial charge in [0.2, 0.25) is 0 Å². The van der Waals surface area contributed by atoms with Gasteiger partial charge in [-0.15, -0.1) is 0 Å². The third kappa shape index (κ3) is 12.4. The van der Waals surface area contributed by atoms with Crippen LogP contribution in [0.3, 0.4) is 0 Å². The SMILES string of the molecule is c1ccc(-c2ccc(-c3ccc4c(c3)c3cc(-c5ccc(-c6ccc7c(c6)c6cc(-c8ccc(-c9ccccc9)cc8)ccc6n7-c6ccccc6)cc5)ccc3n4-c3ccccc3)cc2)cc1.c1ccc(-c2ccc(-n3c4ccccc4c4cc(-c5ccc(-c6ccc7c(c6)c6ccccc6n7-c6ccccc6)cc5)ccc43)cc2)cc1. The molecule has 4 aromatic heterocycles. The lowest BCUT2D eigenvalue weighted by molar-refractivity contribution is 1.18. The molecule has 0 atom stereocenters. The minimum atomic E-state index is 1.15. The first kappa shape index (κ1) is 69.1. The van der Waals surface area contributed by atoms with Crippen molar-refractivity contribution in [2.45, 2.75) is 0 Å². The Hall–Kier alpha value is -15.6. The number of para-hydroxylation sites is 5. The molecule has 0 unspecified atom stereocenters. The number of rotatable bonds is 13. The number of aromatic nitrogens is 4. The topological polar surface area (TPSA) is 19.7 Å². The van der Waals surface area contributed by atoms with Gasteiger partial charge in [0.1, 0.15) is 0 Å². The van der Waals surface area contributed by atoms with Crippen LogP contribution in [0.5, 0.6) is 0 Å². The molecule has 4 nitrogen and oxygen atoms in total. The molecule has 23 rings (SSSR count). The minimum Gasteiger partial charge on any atom is -0.309 e. The summed E-state index contributed by atoms with van der Waals surface area (Å²) in [6.45, 7) is 0. The van der Waals surface area contributed by atoms with Gasteiger partial charge in [-0.25, -0.2) is 0 Å². The average Bonchev–Trinajstić information content (AvgIpc) is 1.60. The molecule has 0 saturated carbocycles. The van der Waals surface area contributed by atoms with Crippen molar-refractivity contribution in [1.82, 2.24) is 18.3 Å². The Balaban J connectivity index is 0.000000149. The Morgan fingerprint density at radius 2 is 0.237 bits per heavy atom. The standard InChI is InChI=1S/C66H44N2.C48H32N2/c1-5-13-45(14-6-1)47-21-25-49(26-22-47)53-33-37-63-59(41-53)61-43-55(35-39-65(61)67(63)57-17-9-3-10-18-57)51-29-31-52(32-30-51)56-36-40-66-62(44-56)60-42-54(34-38-64(60)68(66)58-19-11-4-12-20-58)50-27-23-48(24-28-50)46-15-7-2-8-16-46;1-3-11-33(12-4-1)34-23-27-40(28-24-34)50-46-18-10-8-16-42(46)44-32-38(26-30-48(44)50)36-21-19-35(20-22-36)37-25-29-47-43(31-37)41-15-7-9-17-45(41)49(47)39-13-5-2-6-14-39/h1-44H;1-32H. The highest BCUT2D eigenvalue weighted by Crippen LogP contribution is 2.44. The van der Waals surface area contributed by atoms with Crippen LogP contribution in [-0.4, -0.2) is 18.3 Å². The van der Waals surface area contributed by atoms with Crippen molar-refractivity contribution in [3.63, 3.8) is 0 Å². The first-order valence-corrected chi connectivity index (χ1v) is 40.6. The molecule has 23 aromatic rings. The minimum absolute atomic E-state index is 1.15. The van der Waals surface area contributed by atoms with Crippen molar-refractivity contribution in [2.24, 2.45) is 0 Å². The van der Waals surface area contributed by atoms with Gasteiger partial charge in [0.15, 0.2) is 0 Å². The fourth-order valence-electron chi connectivity index (χ4n) is 18.0. The zero-order valence-corrected chi connectivity index (χ0v) is 64.7. The molecular formula is C114H76N4. The van der Waals surface area contributed by atoms with Crippen molar-refractivity contribution in [2.75, 3.05) is 0 Å². The monoisotopic (exact) mass is 1500 g/mol. The second kappa shape index (κ2) is 29.4. The van der Waals surface area contributed by atoms with Gasteiger partial charge in [-0.1, -0.05) is 328 Å². The molecule has 0 N–H and O–H groups in total. The molecule has 19 aromatic carbocycles. The maximum Gasteiger partial charge on any atom is 0.0541 e. The van der Waals surface area contributed by atoms with Gasteiger partial charge in [0.25, 0.3) is 0 Å². The second-order valence-corrected chi connectivity index (χ2v) is 30.7. The Labute approximate surface area is 684 Å². The number of nitrogens with zero attached hydrogens (tertiary/aromatic N) is 4. The van der Waals surface area contributed by atoms with Crippen LogP contribution in [0.1, 0.15) is 0 Å². The van der Waals surface area contributed by atoms with E-state index in [9.17, 15) is 0 Å². The van der Waals surface area contributed by atoms with Crippen LogP contribution < -0.4 is 0 Å². The van der Waals surface area contributed by atoms with E-state index in [0.717, 1.165) is 17.1 Å². The maximum absolute atomic E-state index is 2.40. The van der Waals surface area contributed by atoms with E-state index in [1.54, 1.807) is 0 Å². The molecule has 0 bridgehead atoms. The molecule has 0 fully saturated rings. The van der Waals surface area contributed by atoms with Crippen LogP contribution in [0.2, 0.25) is 0 Å². The summed E-state index contributed by atoms with van der Waals surface area (Å²) >= 11 is 0. The smallest absolute Gasteiger partial charge is 0.0541 e. The number of hydrogen-bond acceptors (Lipinski definition) is 0. The highest BCUT2D eigenvalue weighted by atomic mass is 15.0. The van der Waals surface area contributed by atoms with Crippen LogP contribution in [0.15, 0.2) is 461 Å². The molecule has 0 aliphatic heterocycles. The van der Waals surface area contributed by atoms with Gasteiger partial charge in [0, 0.05) is 65.8 Å². The van der Waals surface area contributed by atoms with Crippen molar-refractivity contribution in [3.8, 4) is 123 Å². The van der Waals surface area contributed by atoms with E-state index < -0.39 is 0 Å². The normalized spacial score (nSPS) is 11.6. The molecule has 0 aliphatic rings. The summed E-state index contributed by atoms with van der Waals surface area (Å²) in [7, 11) is 0. The molecule has 0 saturated heterocycles. The highest BCUT2D eigenvalue weighted by Gasteiger charge is 2.21. The average molecular weight is 1500 g/mol. The molecule has 118 heavy (non-hydrogen) atoms. The number of hydrogen-bond donors (Lipinski definition) is 0.